The lowest BCUT2D eigenvalue weighted by Gasteiger charge is -2.39. The number of rotatable bonds is 3. The molecule has 2 aliphatic rings. The number of nitriles is 1. The van der Waals surface area contributed by atoms with Crippen LogP contribution in [0.25, 0.3) is 0 Å². The molecule has 3 rings (SSSR count). The summed E-state index contributed by atoms with van der Waals surface area (Å²) in [5.74, 6) is 0.783. The summed E-state index contributed by atoms with van der Waals surface area (Å²) in [6.07, 6.45) is 12.5. The van der Waals surface area contributed by atoms with E-state index in [1.54, 1.807) is 6.20 Å². The average molecular weight is 285 g/mol. The molecule has 0 spiro atoms. The minimum absolute atomic E-state index is 0.368. The second-order valence-electron chi connectivity index (χ2n) is 6.15. The highest BCUT2D eigenvalue weighted by molar-refractivity contribution is 5.34. The Hall–Kier alpha value is -1.67. The molecule has 0 aromatic carbocycles. The number of piperidine rings is 1. The van der Waals surface area contributed by atoms with E-state index in [9.17, 15) is 0 Å². The topological polar surface area (TPSA) is 64.8 Å². The van der Waals surface area contributed by atoms with Crippen LogP contribution in [0, 0.1) is 11.3 Å². The molecule has 21 heavy (non-hydrogen) atoms. The molecule has 1 saturated heterocycles. The van der Waals surface area contributed by atoms with Gasteiger partial charge in [-0.3, -0.25) is 0 Å². The predicted molar refractivity (Wildman–Crippen MR) is 81.8 cm³/mol. The first-order valence-electron chi connectivity index (χ1n) is 8.08. The Kier molecular flexibility index (Phi) is 4.66. The van der Waals surface area contributed by atoms with Gasteiger partial charge in [-0.2, -0.15) is 5.26 Å². The molecule has 1 aliphatic carbocycles. The molecule has 1 N–H and O–H groups in total. The van der Waals surface area contributed by atoms with Crippen LogP contribution in [0.15, 0.2) is 12.4 Å². The van der Waals surface area contributed by atoms with Crippen molar-refractivity contribution < 1.29 is 0 Å². The number of hydrogen-bond donors (Lipinski definition) is 1. The van der Waals surface area contributed by atoms with E-state index in [0.717, 1.165) is 24.7 Å². The first kappa shape index (κ1) is 14.3. The van der Waals surface area contributed by atoms with Gasteiger partial charge in [0.25, 0.3) is 0 Å². The Balaban J connectivity index is 1.47. The van der Waals surface area contributed by atoms with Gasteiger partial charge in [0.05, 0.1) is 12.4 Å². The van der Waals surface area contributed by atoms with Gasteiger partial charge in [0.1, 0.15) is 11.9 Å². The fraction of sp³-hybridized carbons (Fsp3) is 0.688. The number of aromatic nitrogens is 2. The van der Waals surface area contributed by atoms with Gasteiger partial charge in [0.15, 0.2) is 5.69 Å². The summed E-state index contributed by atoms with van der Waals surface area (Å²) in [7, 11) is 0. The van der Waals surface area contributed by atoms with Crippen LogP contribution in [0.4, 0.5) is 5.82 Å². The molecule has 1 aliphatic heterocycles. The minimum Gasteiger partial charge on any atom is -0.366 e. The molecule has 2 heterocycles. The third kappa shape index (κ3) is 3.70. The molecule has 1 saturated carbocycles. The maximum Gasteiger partial charge on any atom is 0.158 e. The van der Waals surface area contributed by atoms with Crippen LogP contribution in [0.1, 0.15) is 50.6 Å². The summed E-state index contributed by atoms with van der Waals surface area (Å²) in [5, 5.41) is 12.2. The summed E-state index contributed by atoms with van der Waals surface area (Å²) in [5.41, 5.74) is 0.368. The number of nitrogens with zero attached hydrogens (tertiary/aromatic N) is 4. The van der Waals surface area contributed by atoms with Crippen molar-refractivity contribution in [3.8, 4) is 6.07 Å². The lowest BCUT2D eigenvalue weighted by Crippen LogP contribution is -2.45. The molecular formula is C16H23N5. The predicted octanol–water partition coefficient (Wildman–Crippen LogP) is 2.56. The van der Waals surface area contributed by atoms with Gasteiger partial charge in [-0.25, -0.2) is 9.97 Å². The summed E-state index contributed by atoms with van der Waals surface area (Å²) >= 11 is 0. The third-order valence-corrected chi connectivity index (χ3v) is 4.74. The normalized spacial score (nSPS) is 21.9. The molecular weight excluding hydrogens is 262 g/mol. The van der Waals surface area contributed by atoms with Crippen LogP contribution >= 0.6 is 0 Å². The molecule has 112 valence electrons. The molecule has 0 atom stereocenters. The molecule has 0 bridgehead atoms. The summed E-state index contributed by atoms with van der Waals surface area (Å²) in [6, 6.07) is 3.30. The standard InChI is InChI=1S/C16H23N5/c17-10-14-11-19-16(12-18-14)20-13-6-8-21(9-7-13)15-4-2-1-3-5-15/h11-13,15H,1-9H2,(H,19,20). The maximum absolute atomic E-state index is 8.72. The Labute approximate surface area is 126 Å². The van der Waals surface area contributed by atoms with E-state index in [2.05, 4.69) is 20.2 Å². The third-order valence-electron chi connectivity index (χ3n) is 4.74. The van der Waals surface area contributed by atoms with Crippen molar-refractivity contribution in [2.24, 2.45) is 0 Å². The van der Waals surface area contributed by atoms with Crippen molar-refractivity contribution in [3.05, 3.63) is 18.1 Å². The monoisotopic (exact) mass is 285 g/mol. The lowest BCUT2D eigenvalue weighted by atomic mass is 9.92. The van der Waals surface area contributed by atoms with Gasteiger partial charge < -0.3 is 10.2 Å². The van der Waals surface area contributed by atoms with Gasteiger partial charge >= 0.3 is 0 Å². The van der Waals surface area contributed by atoms with Gasteiger partial charge in [0, 0.05) is 25.2 Å². The van der Waals surface area contributed by atoms with Crippen molar-refractivity contribution in [1.29, 1.82) is 5.26 Å². The van der Waals surface area contributed by atoms with Gasteiger partial charge in [-0.15, -0.1) is 0 Å². The smallest absolute Gasteiger partial charge is 0.158 e. The molecule has 0 radical (unpaired) electrons. The van der Waals surface area contributed by atoms with E-state index in [-0.39, 0.29) is 0 Å². The van der Waals surface area contributed by atoms with E-state index < -0.39 is 0 Å². The first-order chi connectivity index (χ1) is 10.3. The van der Waals surface area contributed by atoms with Crippen molar-refractivity contribution in [3.63, 3.8) is 0 Å². The van der Waals surface area contributed by atoms with Crippen LogP contribution in [-0.4, -0.2) is 40.0 Å². The zero-order chi connectivity index (χ0) is 14.5. The van der Waals surface area contributed by atoms with E-state index in [4.69, 9.17) is 5.26 Å². The number of likely N-dealkylation sites (tertiary alicyclic amines) is 1. The zero-order valence-corrected chi connectivity index (χ0v) is 12.5. The van der Waals surface area contributed by atoms with E-state index in [0.29, 0.717) is 11.7 Å². The molecule has 1 aromatic rings. The zero-order valence-electron chi connectivity index (χ0n) is 12.5. The molecule has 1 aromatic heterocycles. The van der Waals surface area contributed by atoms with E-state index in [1.165, 1.54) is 51.4 Å². The fourth-order valence-electron chi connectivity index (χ4n) is 3.52. The number of anilines is 1. The molecule has 0 unspecified atom stereocenters. The number of hydrogen-bond acceptors (Lipinski definition) is 5. The molecule has 0 amide bonds. The van der Waals surface area contributed by atoms with Gasteiger partial charge in [0.2, 0.25) is 0 Å². The second kappa shape index (κ2) is 6.86. The largest absolute Gasteiger partial charge is 0.366 e. The SMILES string of the molecule is N#Cc1cnc(NC2CCN(C3CCCCC3)CC2)cn1. The number of nitrogens with one attached hydrogen (secondary N) is 1. The quantitative estimate of drug-likeness (QED) is 0.924. The van der Waals surface area contributed by atoms with Crippen LogP contribution < -0.4 is 5.32 Å². The van der Waals surface area contributed by atoms with Crippen molar-refractivity contribution in [1.82, 2.24) is 14.9 Å². The van der Waals surface area contributed by atoms with Gasteiger partial charge in [-0.05, 0) is 25.7 Å². The van der Waals surface area contributed by atoms with Crippen molar-refractivity contribution >= 4 is 5.82 Å². The second-order valence-corrected chi connectivity index (χ2v) is 6.15. The van der Waals surface area contributed by atoms with E-state index in [1.807, 2.05) is 6.07 Å². The average Bonchev–Trinajstić information content (AvgIpc) is 2.57. The van der Waals surface area contributed by atoms with Crippen molar-refractivity contribution in [2.45, 2.75) is 57.0 Å². The minimum atomic E-state index is 0.368. The Morgan fingerprint density at radius 1 is 1.05 bits per heavy atom. The summed E-state index contributed by atoms with van der Waals surface area (Å²) in [4.78, 5) is 11.0. The van der Waals surface area contributed by atoms with Crippen LogP contribution in [0.2, 0.25) is 0 Å². The highest BCUT2D eigenvalue weighted by Gasteiger charge is 2.26. The first-order valence-corrected chi connectivity index (χ1v) is 8.08. The fourth-order valence-corrected chi connectivity index (χ4v) is 3.52. The van der Waals surface area contributed by atoms with E-state index >= 15 is 0 Å². The maximum atomic E-state index is 8.72. The Morgan fingerprint density at radius 3 is 2.43 bits per heavy atom. The Bertz CT molecular complexity index is 478. The molecule has 2 fully saturated rings. The molecule has 5 heteroatoms. The highest BCUT2D eigenvalue weighted by atomic mass is 15.2. The molecule has 5 nitrogen and oxygen atoms in total. The van der Waals surface area contributed by atoms with Crippen LogP contribution in [-0.2, 0) is 0 Å². The summed E-state index contributed by atoms with van der Waals surface area (Å²) < 4.78 is 0. The lowest BCUT2D eigenvalue weighted by molar-refractivity contribution is 0.126. The highest BCUT2D eigenvalue weighted by Crippen LogP contribution is 2.25. The van der Waals surface area contributed by atoms with Gasteiger partial charge in [-0.1, -0.05) is 19.3 Å². The Morgan fingerprint density at radius 2 is 1.81 bits per heavy atom. The summed E-state index contributed by atoms with van der Waals surface area (Å²) in [6.45, 7) is 2.37. The van der Waals surface area contributed by atoms with Crippen LogP contribution in [0.5, 0.6) is 0 Å². The van der Waals surface area contributed by atoms with Crippen molar-refractivity contribution in [2.75, 3.05) is 18.4 Å². The van der Waals surface area contributed by atoms with Crippen LogP contribution in [0.3, 0.4) is 0 Å².